The summed E-state index contributed by atoms with van der Waals surface area (Å²) in [5.74, 6) is 0.206. The van der Waals surface area contributed by atoms with E-state index < -0.39 is 0 Å². The number of carbonyl (C=O) groups is 2. The van der Waals surface area contributed by atoms with Gasteiger partial charge in [0.2, 0.25) is 11.8 Å². The number of unbranched alkanes of at least 4 members (excludes halogenated alkanes) is 16. The molecule has 0 aromatic rings. The van der Waals surface area contributed by atoms with Crippen molar-refractivity contribution in [1.82, 2.24) is 15.5 Å². The van der Waals surface area contributed by atoms with E-state index in [9.17, 15) is 9.59 Å². The molecule has 0 rings (SSSR count). The van der Waals surface area contributed by atoms with Crippen LogP contribution in [0, 0.1) is 0 Å². The highest BCUT2D eigenvalue weighted by atomic mass is 16.2. The Bertz CT molecular complexity index is 448. The number of amides is 2. The van der Waals surface area contributed by atoms with Crippen molar-refractivity contribution < 1.29 is 9.59 Å². The van der Waals surface area contributed by atoms with Crippen LogP contribution in [0.4, 0.5) is 0 Å². The second-order valence-corrected chi connectivity index (χ2v) is 10.5. The van der Waals surface area contributed by atoms with Gasteiger partial charge in [0.25, 0.3) is 0 Å². The lowest BCUT2D eigenvalue weighted by Gasteiger charge is -2.21. The molecule has 0 aromatic carbocycles. The predicted octanol–water partition coefficient (Wildman–Crippen LogP) is 6.32. The van der Waals surface area contributed by atoms with E-state index in [2.05, 4.69) is 29.4 Å². The Balaban J connectivity index is 3.69. The van der Waals surface area contributed by atoms with Crippen molar-refractivity contribution in [3.05, 3.63) is 0 Å². The lowest BCUT2D eigenvalue weighted by Crippen LogP contribution is -2.37. The van der Waals surface area contributed by atoms with Gasteiger partial charge in [0.05, 0.1) is 0 Å². The Kier molecular flexibility index (Phi) is 27.5. The van der Waals surface area contributed by atoms with E-state index in [1.165, 1.54) is 103 Å². The summed E-state index contributed by atoms with van der Waals surface area (Å²) >= 11 is 0. The molecular formula is C30H62N4O2. The molecule has 0 unspecified atom stereocenters. The lowest BCUT2D eigenvalue weighted by atomic mass is 10.1. The Morgan fingerprint density at radius 2 is 0.861 bits per heavy atom. The Morgan fingerprint density at radius 3 is 1.19 bits per heavy atom. The fourth-order valence-corrected chi connectivity index (χ4v) is 4.54. The zero-order valence-electron chi connectivity index (χ0n) is 24.2. The largest absolute Gasteiger partial charge is 0.356 e. The topological polar surface area (TPSA) is 87.5 Å². The van der Waals surface area contributed by atoms with Gasteiger partial charge in [-0.2, -0.15) is 0 Å². The Morgan fingerprint density at radius 1 is 0.528 bits per heavy atom. The van der Waals surface area contributed by atoms with Gasteiger partial charge in [0, 0.05) is 52.1 Å². The third-order valence-corrected chi connectivity index (χ3v) is 6.96. The molecule has 0 aromatic heterocycles. The zero-order valence-corrected chi connectivity index (χ0v) is 24.2. The van der Waals surface area contributed by atoms with E-state index >= 15 is 0 Å². The van der Waals surface area contributed by atoms with Gasteiger partial charge in [0.15, 0.2) is 0 Å². The van der Waals surface area contributed by atoms with Crippen LogP contribution in [0.2, 0.25) is 0 Å². The standard InChI is InChI=1S/C30H62N4O2/c1-3-5-7-9-11-13-15-17-19-24-32-29(35)21-26-34(28-23-31)27-22-30(36)33-25-20-18-16-14-12-10-8-6-4-2/h3-28,31H2,1-2H3,(H,32,35)(H,33,36). The average molecular weight is 511 g/mol. The Labute approximate surface area is 224 Å². The molecule has 0 atom stereocenters. The molecule has 0 radical (unpaired) electrons. The molecule has 0 aliphatic carbocycles. The third-order valence-electron chi connectivity index (χ3n) is 6.96. The maximum absolute atomic E-state index is 12.2. The van der Waals surface area contributed by atoms with Gasteiger partial charge in [0.1, 0.15) is 0 Å². The van der Waals surface area contributed by atoms with Crippen molar-refractivity contribution in [2.75, 3.05) is 39.3 Å². The van der Waals surface area contributed by atoms with Crippen molar-refractivity contribution in [2.24, 2.45) is 5.73 Å². The van der Waals surface area contributed by atoms with Crippen LogP contribution >= 0.6 is 0 Å². The number of hydrogen-bond donors (Lipinski definition) is 3. The molecule has 6 heteroatoms. The highest BCUT2D eigenvalue weighted by Gasteiger charge is 2.10. The van der Waals surface area contributed by atoms with E-state index in [1.807, 2.05) is 0 Å². The van der Waals surface area contributed by atoms with E-state index in [-0.39, 0.29) is 11.8 Å². The molecule has 214 valence electrons. The van der Waals surface area contributed by atoms with Crippen LogP contribution in [0.15, 0.2) is 0 Å². The number of nitrogens with one attached hydrogen (secondary N) is 2. The zero-order chi connectivity index (χ0) is 26.5. The smallest absolute Gasteiger partial charge is 0.221 e. The van der Waals surface area contributed by atoms with Gasteiger partial charge in [-0.1, -0.05) is 117 Å². The van der Waals surface area contributed by atoms with Gasteiger partial charge in [-0.3, -0.25) is 9.59 Å². The summed E-state index contributed by atoms with van der Waals surface area (Å²) in [6.07, 6.45) is 24.1. The lowest BCUT2D eigenvalue weighted by molar-refractivity contribution is -0.121. The highest BCUT2D eigenvalue weighted by Crippen LogP contribution is 2.10. The summed E-state index contributed by atoms with van der Waals surface area (Å²) < 4.78 is 0. The molecule has 0 fully saturated rings. The third kappa shape index (κ3) is 25.9. The minimum absolute atomic E-state index is 0.103. The van der Waals surface area contributed by atoms with Crippen LogP contribution in [0.3, 0.4) is 0 Å². The fraction of sp³-hybridized carbons (Fsp3) is 0.933. The maximum Gasteiger partial charge on any atom is 0.221 e. The predicted molar refractivity (Wildman–Crippen MR) is 155 cm³/mol. The van der Waals surface area contributed by atoms with E-state index in [0.717, 1.165) is 32.5 Å². The van der Waals surface area contributed by atoms with Crippen molar-refractivity contribution in [1.29, 1.82) is 0 Å². The van der Waals surface area contributed by atoms with Crippen LogP contribution < -0.4 is 16.4 Å². The van der Waals surface area contributed by atoms with E-state index in [0.29, 0.717) is 32.5 Å². The molecule has 0 aliphatic rings. The number of carbonyl (C=O) groups excluding carboxylic acids is 2. The second-order valence-electron chi connectivity index (χ2n) is 10.5. The summed E-state index contributed by atoms with van der Waals surface area (Å²) in [5, 5.41) is 6.10. The first kappa shape index (κ1) is 34.9. The summed E-state index contributed by atoms with van der Waals surface area (Å²) in [4.78, 5) is 26.5. The molecule has 4 N–H and O–H groups in total. The molecule has 2 amide bonds. The minimum Gasteiger partial charge on any atom is -0.356 e. The number of hydrogen-bond acceptors (Lipinski definition) is 4. The first-order valence-corrected chi connectivity index (χ1v) is 15.6. The fourth-order valence-electron chi connectivity index (χ4n) is 4.54. The normalized spacial score (nSPS) is 11.2. The van der Waals surface area contributed by atoms with Crippen molar-refractivity contribution in [2.45, 2.75) is 142 Å². The van der Waals surface area contributed by atoms with Crippen LogP contribution in [-0.4, -0.2) is 56.0 Å². The first-order chi connectivity index (χ1) is 17.6. The van der Waals surface area contributed by atoms with Gasteiger partial charge in [-0.15, -0.1) is 0 Å². The minimum atomic E-state index is 0.103. The van der Waals surface area contributed by atoms with E-state index in [1.54, 1.807) is 0 Å². The molecule has 0 bridgehead atoms. The molecule has 0 saturated carbocycles. The molecule has 0 heterocycles. The van der Waals surface area contributed by atoms with Gasteiger partial charge < -0.3 is 21.3 Å². The number of rotatable bonds is 28. The number of nitrogens with two attached hydrogens (primary N) is 1. The SMILES string of the molecule is CCCCCCCCCCCNC(=O)CCN(CCN)CCC(=O)NCCCCCCCCCCC. The highest BCUT2D eigenvalue weighted by molar-refractivity contribution is 5.76. The summed E-state index contributed by atoms with van der Waals surface area (Å²) in [6.45, 7) is 8.63. The quantitative estimate of drug-likeness (QED) is 0.107. The van der Waals surface area contributed by atoms with Crippen molar-refractivity contribution >= 4 is 11.8 Å². The Hall–Kier alpha value is -1.14. The summed E-state index contributed by atoms with van der Waals surface area (Å²) in [5.41, 5.74) is 5.74. The molecule has 36 heavy (non-hydrogen) atoms. The summed E-state index contributed by atoms with van der Waals surface area (Å²) in [6, 6.07) is 0. The van der Waals surface area contributed by atoms with Crippen LogP contribution in [0.5, 0.6) is 0 Å². The second kappa shape index (κ2) is 28.4. The van der Waals surface area contributed by atoms with Gasteiger partial charge in [-0.05, 0) is 12.8 Å². The van der Waals surface area contributed by atoms with Crippen molar-refractivity contribution in [3.63, 3.8) is 0 Å². The maximum atomic E-state index is 12.2. The molecule has 0 aliphatic heterocycles. The van der Waals surface area contributed by atoms with Crippen molar-refractivity contribution in [3.8, 4) is 0 Å². The molecule has 0 spiro atoms. The average Bonchev–Trinajstić information content (AvgIpc) is 2.87. The summed E-state index contributed by atoms with van der Waals surface area (Å²) in [7, 11) is 0. The monoisotopic (exact) mass is 510 g/mol. The van der Waals surface area contributed by atoms with Crippen LogP contribution in [0.25, 0.3) is 0 Å². The molecule has 6 nitrogen and oxygen atoms in total. The molecular weight excluding hydrogens is 448 g/mol. The van der Waals surface area contributed by atoms with E-state index in [4.69, 9.17) is 5.73 Å². The van der Waals surface area contributed by atoms with Gasteiger partial charge >= 0.3 is 0 Å². The van der Waals surface area contributed by atoms with Gasteiger partial charge in [-0.25, -0.2) is 0 Å². The molecule has 0 saturated heterocycles. The number of nitrogens with zero attached hydrogens (tertiary/aromatic N) is 1. The van der Waals surface area contributed by atoms with Crippen LogP contribution in [-0.2, 0) is 9.59 Å². The first-order valence-electron chi connectivity index (χ1n) is 15.6. The van der Waals surface area contributed by atoms with Crippen LogP contribution in [0.1, 0.15) is 142 Å².